The molecule has 2 amide bonds. The molecule has 6 nitrogen and oxygen atoms in total. The second-order valence-electron chi connectivity index (χ2n) is 5.32. The van der Waals surface area contributed by atoms with Crippen molar-refractivity contribution in [3.63, 3.8) is 0 Å². The van der Waals surface area contributed by atoms with Crippen LogP contribution in [0.1, 0.15) is 19.8 Å². The van der Waals surface area contributed by atoms with Crippen molar-refractivity contribution in [3.05, 3.63) is 29.3 Å². The lowest BCUT2D eigenvalue weighted by molar-refractivity contribution is -0.141. The number of hydrazine groups is 1. The molecule has 1 fully saturated rings. The number of rotatable bonds is 4. The molecule has 1 aliphatic rings. The fourth-order valence-corrected chi connectivity index (χ4v) is 2.63. The Bertz CT molecular complexity index is 527. The number of carbonyl (C=O) groups excluding carboxylic acids is 2. The first-order chi connectivity index (χ1) is 10.5. The Kier molecular flexibility index (Phi) is 5.63. The van der Waals surface area contributed by atoms with Gasteiger partial charge in [0, 0.05) is 24.0 Å². The van der Waals surface area contributed by atoms with Gasteiger partial charge in [0.15, 0.2) is 6.10 Å². The molecule has 2 rings (SSSR count). The van der Waals surface area contributed by atoms with E-state index in [0.717, 1.165) is 0 Å². The molecule has 1 saturated heterocycles. The van der Waals surface area contributed by atoms with Gasteiger partial charge in [0.25, 0.3) is 5.91 Å². The normalized spacial score (nSPS) is 17.0. The number of likely N-dealkylation sites (tertiary alicyclic amines) is 1. The molecule has 1 heterocycles. The average Bonchev–Trinajstić information content (AvgIpc) is 2.55. The van der Waals surface area contributed by atoms with E-state index in [2.05, 4.69) is 5.43 Å². The summed E-state index contributed by atoms with van der Waals surface area (Å²) in [6.07, 6.45) is 0.645. The zero-order valence-corrected chi connectivity index (χ0v) is 13.2. The fraction of sp³-hybridized carbons (Fsp3) is 0.467. The van der Waals surface area contributed by atoms with E-state index < -0.39 is 6.10 Å². The molecule has 0 spiro atoms. The van der Waals surface area contributed by atoms with Crippen LogP contribution in [0.2, 0.25) is 5.02 Å². The molecule has 1 unspecified atom stereocenters. The van der Waals surface area contributed by atoms with Crippen LogP contribution >= 0.6 is 11.6 Å². The first kappa shape index (κ1) is 16.6. The van der Waals surface area contributed by atoms with Gasteiger partial charge in [-0.1, -0.05) is 11.6 Å². The summed E-state index contributed by atoms with van der Waals surface area (Å²) in [6, 6.07) is 6.88. The number of hydrogen-bond acceptors (Lipinski definition) is 4. The summed E-state index contributed by atoms with van der Waals surface area (Å²) in [6.45, 7) is 2.78. The minimum Gasteiger partial charge on any atom is -0.481 e. The first-order valence-electron chi connectivity index (χ1n) is 7.22. The predicted molar refractivity (Wildman–Crippen MR) is 83.2 cm³/mol. The largest absolute Gasteiger partial charge is 0.481 e. The quantitative estimate of drug-likeness (QED) is 0.497. The second kappa shape index (κ2) is 7.47. The lowest BCUT2D eigenvalue weighted by atomic mass is 9.96. The van der Waals surface area contributed by atoms with Crippen LogP contribution < -0.4 is 16.0 Å². The molecule has 1 aliphatic heterocycles. The Balaban J connectivity index is 1.86. The van der Waals surface area contributed by atoms with Gasteiger partial charge in [-0.15, -0.1) is 0 Å². The highest BCUT2D eigenvalue weighted by atomic mass is 35.5. The molecule has 0 aliphatic carbocycles. The van der Waals surface area contributed by atoms with Crippen molar-refractivity contribution >= 4 is 23.4 Å². The number of nitrogens with zero attached hydrogens (tertiary/aromatic N) is 1. The summed E-state index contributed by atoms with van der Waals surface area (Å²) in [5, 5.41) is 0.617. The molecule has 1 aromatic carbocycles. The summed E-state index contributed by atoms with van der Waals surface area (Å²) >= 11 is 5.81. The fourth-order valence-electron chi connectivity index (χ4n) is 2.50. The number of hydrogen-bond donors (Lipinski definition) is 2. The third-order valence-corrected chi connectivity index (χ3v) is 4.05. The molecule has 7 heteroatoms. The van der Waals surface area contributed by atoms with E-state index in [0.29, 0.717) is 36.7 Å². The topological polar surface area (TPSA) is 84.7 Å². The van der Waals surface area contributed by atoms with Gasteiger partial charge in [-0.05, 0) is 44.0 Å². The summed E-state index contributed by atoms with van der Waals surface area (Å²) < 4.78 is 5.63. The molecule has 3 N–H and O–H groups in total. The molecule has 0 saturated carbocycles. The van der Waals surface area contributed by atoms with Crippen molar-refractivity contribution in [2.24, 2.45) is 11.8 Å². The van der Waals surface area contributed by atoms with Crippen LogP contribution in [0.3, 0.4) is 0 Å². The lowest BCUT2D eigenvalue weighted by Gasteiger charge is -2.32. The van der Waals surface area contributed by atoms with Crippen molar-refractivity contribution < 1.29 is 14.3 Å². The summed E-state index contributed by atoms with van der Waals surface area (Å²) in [7, 11) is 0. The van der Waals surface area contributed by atoms with Gasteiger partial charge in [-0.25, -0.2) is 5.84 Å². The standard InChI is InChI=1S/C15H20ClN3O3/c1-10(22-13-4-2-12(16)3-5-13)15(21)19-8-6-11(7-9-19)14(20)18-17/h2-5,10-11H,6-9,17H2,1H3,(H,18,20). The van der Waals surface area contributed by atoms with Crippen molar-refractivity contribution in [3.8, 4) is 5.75 Å². The number of ether oxygens (including phenoxy) is 1. The number of piperidine rings is 1. The Labute approximate surface area is 134 Å². The molecule has 1 aromatic rings. The van der Waals surface area contributed by atoms with Crippen molar-refractivity contribution in [1.29, 1.82) is 0 Å². The van der Waals surface area contributed by atoms with Gasteiger partial charge in [-0.2, -0.15) is 0 Å². The monoisotopic (exact) mass is 325 g/mol. The Morgan fingerprint density at radius 1 is 1.32 bits per heavy atom. The van der Waals surface area contributed by atoms with Gasteiger partial charge in [0.05, 0.1) is 0 Å². The smallest absolute Gasteiger partial charge is 0.263 e. The van der Waals surface area contributed by atoms with E-state index in [1.165, 1.54) is 0 Å². The van der Waals surface area contributed by atoms with E-state index in [9.17, 15) is 9.59 Å². The molecular formula is C15H20ClN3O3. The number of halogens is 1. The van der Waals surface area contributed by atoms with E-state index in [4.69, 9.17) is 22.2 Å². The van der Waals surface area contributed by atoms with Gasteiger partial charge in [-0.3, -0.25) is 15.0 Å². The zero-order chi connectivity index (χ0) is 16.1. The maximum absolute atomic E-state index is 12.4. The Morgan fingerprint density at radius 2 is 1.91 bits per heavy atom. The Morgan fingerprint density at radius 3 is 2.45 bits per heavy atom. The van der Waals surface area contributed by atoms with Gasteiger partial charge in [0.1, 0.15) is 5.75 Å². The maximum Gasteiger partial charge on any atom is 0.263 e. The number of nitrogens with one attached hydrogen (secondary N) is 1. The minimum atomic E-state index is -0.582. The van der Waals surface area contributed by atoms with Crippen LogP contribution in [-0.2, 0) is 9.59 Å². The van der Waals surface area contributed by atoms with Crippen LogP contribution in [0.15, 0.2) is 24.3 Å². The molecule has 22 heavy (non-hydrogen) atoms. The average molecular weight is 326 g/mol. The maximum atomic E-state index is 12.4. The van der Waals surface area contributed by atoms with Crippen molar-refractivity contribution in [1.82, 2.24) is 10.3 Å². The highest BCUT2D eigenvalue weighted by Gasteiger charge is 2.29. The number of benzene rings is 1. The van der Waals surface area contributed by atoms with Crippen LogP contribution in [-0.4, -0.2) is 35.9 Å². The van der Waals surface area contributed by atoms with E-state index in [1.807, 2.05) is 0 Å². The third-order valence-electron chi connectivity index (χ3n) is 3.79. The van der Waals surface area contributed by atoms with Crippen LogP contribution in [0.5, 0.6) is 5.75 Å². The second-order valence-corrected chi connectivity index (χ2v) is 5.76. The lowest BCUT2D eigenvalue weighted by Crippen LogP contribution is -2.47. The zero-order valence-electron chi connectivity index (χ0n) is 12.4. The van der Waals surface area contributed by atoms with Gasteiger partial charge < -0.3 is 9.64 Å². The number of amides is 2. The van der Waals surface area contributed by atoms with E-state index in [-0.39, 0.29) is 17.7 Å². The van der Waals surface area contributed by atoms with Crippen LogP contribution in [0, 0.1) is 5.92 Å². The summed E-state index contributed by atoms with van der Waals surface area (Å²) in [5.74, 6) is 5.36. The highest BCUT2D eigenvalue weighted by molar-refractivity contribution is 6.30. The van der Waals surface area contributed by atoms with E-state index in [1.54, 1.807) is 36.1 Å². The molecule has 0 radical (unpaired) electrons. The Hall–Kier alpha value is -1.79. The van der Waals surface area contributed by atoms with Gasteiger partial charge >= 0.3 is 0 Å². The summed E-state index contributed by atoms with van der Waals surface area (Å²) in [5.41, 5.74) is 2.16. The molecule has 1 atom stereocenters. The highest BCUT2D eigenvalue weighted by Crippen LogP contribution is 2.20. The molecule has 0 bridgehead atoms. The number of nitrogens with two attached hydrogens (primary N) is 1. The molecular weight excluding hydrogens is 306 g/mol. The number of carbonyl (C=O) groups is 2. The van der Waals surface area contributed by atoms with Crippen LogP contribution in [0.4, 0.5) is 0 Å². The first-order valence-corrected chi connectivity index (χ1v) is 7.60. The van der Waals surface area contributed by atoms with Crippen molar-refractivity contribution in [2.75, 3.05) is 13.1 Å². The SMILES string of the molecule is CC(Oc1ccc(Cl)cc1)C(=O)N1CCC(C(=O)NN)CC1. The summed E-state index contributed by atoms with van der Waals surface area (Å²) in [4.78, 5) is 25.6. The van der Waals surface area contributed by atoms with Crippen molar-refractivity contribution in [2.45, 2.75) is 25.9 Å². The minimum absolute atomic E-state index is 0.0819. The molecule has 0 aromatic heterocycles. The molecule has 120 valence electrons. The third kappa shape index (κ3) is 4.11. The predicted octanol–water partition coefficient (Wildman–Crippen LogP) is 1.34. The van der Waals surface area contributed by atoms with Crippen LogP contribution in [0.25, 0.3) is 0 Å². The van der Waals surface area contributed by atoms with Gasteiger partial charge in [0.2, 0.25) is 5.91 Å². The van der Waals surface area contributed by atoms with E-state index >= 15 is 0 Å².